The van der Waals surface area contributed by atoms with E-state index in [9.17, 15) is 9.65 Å². The molecule has 124 valence electrons. The van der Waals surface area contributed by atoms with Crippen molar-refractivity contribution in [2.75, 3.05) is 24.5 Å². The summed E-state index contributed by atoms with van der Waals surface area (Å²) in [4.78, 5) is 4.60. The summed E-state index contributed by atoms with van der Waals surface area (Å²) < 4.78 is 13.9. The molecule has 24 heavy (non-hydrogen) atoms. The number of hydrogen-bond acceptors (Lipinski definition) is 3. The molecule has 1 heterocycles. The van der Waals surface area contributed by atoms with Crippen molar-refractivity contribution in [3.63, 3.8) is 0 Å². The van der Waals surface area contributed by atoms with Gasteiger partial charge in [0.2, 0.25) is 0 Å². The summed E-state index contributed by atoms with van der Waals surface area (Å²) >= 11 is 0. The summed E-state index contributed by atoms with van der Waals surface area (Å²) in [6.07, 6.45) is 0.994. The predicted molar refractivity (Wildman–Crippen MR) is 94.3 cm³/mol. The summed E-state index contributed by atoms with van der Waals surface area (Å²) in [7, 11) is 0. The van der Waals surface area contributed by atoms with E-state index in [1.165, 1.54) is 11.6 Å². The van der Waals surface area contributed by atoms with Gasteiger partial charge in [0.1, 0.15) is 17.4 Å². The maximum absolute atomic E-state index is 13.9. The summed E-state index contributed by atoms with van der Waals surface area (Å²) in [5.74, 6) is -0.437. The van der Waals surface area contributed by atoms with E-state index in [2.05, 4.69) is 41.0 Å². The minimum Gasteiger partial charge on any atom is -0.369 e. The molecule has 1 saturated heterocycles. The molecule has 1 unspecified atom stereocenters. The molecule has 1 fully saturated rings. The van der Waals surface area contributed by atoms with E-state index < -0.39 is 5.82 Å². The molecule has 1 aliphatic heterocycles. The number of anilines is 1. The van der Waals surface area contributed by atoms with Gasteiger partial charge in [0.05, 0.1) is 5.69 Å². The first-order chi connectivity index (χ1) is 11.7. The molecule has 0 amide bonds. The monoisotopic (exact) mass is 323 g/mol. The lowest BCUT2D eigenvalue weighted by Crippen LogP contribution is -2.34. The summed E-state index contributed by atoms with van der Waals surface area (Å²) in [6.45, 7) is 5.70. The Balaban J connectivity index is 1.75. The van der Waals surface area contributed by atoms with Crippen molar-refractivity contribution >= 4 is 5.69 Å². The van der Waals surface area contributed by atoms with Crippen LogP contribution >= 0.6 is 0 Å². The molecule has 2 aromatic rings. The van der Waals surface area contributed by atoms with E-state index in [1.54, 1.807) is 6.07 Å². The first-order valence-corrected chi connectivity index (χ1v) is 8.40. The lowest BCUT2D eigenvalue weighted by atomic mass is 10.1. The van der Waals surface area contributed by atoms with Crippen molar-refractivity contribution in [3.8, 4) is 6.07 Å². The van der Waals surface area contributed by atoms with E-state index in [-0.39, 0.29) is 5.56 Å². The first-order valence-electron chi connectivity index (χ1n) is 8.40. The molecule has 0 N–H and O–H groups in total. The van der Waals surface area contributed by atoms with Gasteiger partial charge in [-0.1, -0.05) is 36.4 Å². The maximum Gasteiger partial charge on any atom is 0.143 e. The maximum atomic E-state index is 13.9. The van der Waals surface area contributed by atoms with Gasteiger partial charge >= 0.3 is 0 Å². The number of hydrogen-bond donors (Lipinski definition) is 0. The molecule has 3 nitrogen and oxygen atoms in total. The number of nitrogens with zero attached hydrogens (tertiary/aromatic N) is 3. The van der Waals surface area contributed by atoms with Crippen LogP contribution < -0.4 is 4.90 Å². The lowest BCUT2D eigenvalue weighted by Gasteiger charge is -2.26. The summed E-state index contributed by atoms with van der Waals surface area (Å²) in [5.41, 5.74) is 2.18. The third-order valence-electron chi connectivity index (χ3n) is 4.77. The van der Waals surface area contributed by atoms with Gasteiger partial charge in [0, 0.05) is 32.2 Å². The zero-order valence-corrected chi connectivity index (χ0v) is 14.0. The lowest BCUT2D eigenvalue weighted by molar-refractivity contribution is 0.212. The third kappa shape index (κ3) is 3.58. The number of benzene rings is 2. The second-order valence-electron chi connectivity index (χ2n) is 6.33. The SMILES string of the molecule is CC1CCN(c2cccc(F)c2C#N)CCN1Cc1ccccc1. The van der Waals surface area contributed by atoms with Crippen molar-refractivity contribution in [2.45, 2.75) is 25.9 Å². The van der Waals surface area contributed by atoms with Crippen LogP contribution in [0.3, 0.4) is 0 Å². The van der Waals surface area contributed by atoms with Crippen molar-refractivity contribution in [1.29, 1.82) is 5.26 Å². The fourth-order valence-corrected chi connectivity index (χ4v) is 3.29. The quantitative estimate of drug-likeness (QED) is 0.861. The van der Waals surface area contributed by atoms with Gasteiger partial charge in [-0.05, 0) is 31.0 Å². The highest BCUT2D eigenvalue weighted by molar-refractivity contribution is 5.60. The average Bonchev–Trinajstić information content (AvgIpc) is 2.78. The fourth-order valence-electron chi connectivity index (χ4n) is 3.29. The molecule has 0 bridgehead atoms. The van der Waals surface area contributed by atoms with E-state index >= 15 is 0 Å². The van der Waals surface area contributed by atoms with Crippen LogP contribution in [-0.4, -0.2) is 30.6 Å². The van der Waals surface area contributed by atoms with Crippen LogP contribution in [-0.2, 0) is 6.54 Å². The molecule has 0 aromatic heterocycles. The molecule has 0 aliphatic carbocycles. The number of halogens is 1. The third-order valence-corrected chi connectivity index (χ3v) is 4.77. The average molecular weight is 323 g/mol. The Bertz CT molecular complexity index is 723. The van der Waals surface area contributed by atoms with Crippen LogP contribution in [0.1, 0.15) is 24.5 Å². The zero-order valence-electron chi connectivity index (χ0n) is 14.0. The molecule has 0 radical (unpaired) electrons. The van der Waals surface area contributed by atoms with Crippen molar-refractivity contribution in [2.24, 2.45) is 0 Å². The van der Waals surface area contributed by atoms with Crippen molar-refractivity contribution < 1.29 is 4.39 Å². The van der Waals surface area contributed by atoms with E-state index in [0.717, 1.165) is 32.6 Å². The molecular weight excluding hydrogens is 301 g/mol. The predicted octanol–water partition coefficient (Wildman–Crippen LogP) is 3.80. The van der Waals surface area contributed by atoms with Gasteiger partial charge < -0.3 is 4.90 Å². The van der Waals surface area contributed by atoms with Gasteiger partial charge in [-0.2, -0.15) is 5.26 Å². The van der Waals surface area contributed by atoms with Crippen LogP contribution in [0.25, 0.3) is 0 Å². The van der Waals surface area contributed by atoms with Crippen LogP contribution in [0.15, 0.2) is 48.5 Å². The topological polar surface area (TPSA) is 30.3 Å². The highest BCUT2D eigenvalue weighted by atomic mass is 19.1. The smallest absolute Gasteiger partial charge is 0.143 e. The van der Waals surface area contributed by atoms with Gasteiger partial charge in [0.15, 0.2) is 0 Å². The van der Waals surface area contributed by atoms with Gasteiger partial charge in [-0.3, -0.25) is 4.90 Å². The first kappa shape index (κ1) is 16.5. The van der Waals surface area contributed by atoms with E-state index in [4.69, 9.17) is 0 Å². The van der Waals surface area contributed by atoms with Crippen LogP contribution in [0.5, 0.6) is 0 Å². The summed E-state index contributed by atoms with van der Waals surface area (Å²) in [6, 6.07) is 17.8. The van der Waals surface area contributed by atoms with Crippen molar-refractivity contribution in [1.82, 2.24) is 4.90 Å². The van der Waals surface area contributed by atoms with E-state index in [0.29, 0.717) is 11.7 Å². The minimum absolute atomic E-state index is 0.154. The Morgan fingerprint density at radius 1 is 1.08 bits per heavy atom. The van der Waals surface area contributed by atoms with E-state index in [1.807, 2.05) is 18.2 Å². The number of rotatable bonds is 3. The second-order valence-corrected chi connectivity index (χ2v) is 6.33. The second kappa shape index (κ2) is 7.46. The highest BCUT2D eigenvalue weighted by Crippen LogP contribution is 2.25. The Labute approximate surface area is 142 Å². The van der Waals surface area contributed by atoms with Gasteiger partial charge in [-0.25, -0.2) is 4.39 Å². The fraction of sp³-hybridized carbons (Fsp3) is 0.350. The number of nitriles is 1. The summed E-state index contributed by atoms with van der Waals surface area (Å²) in [5, 5.41) is 9.27. The molecule has 0 saturated carbocycles. The van der Waals surface area contributed by atoms with Crippen LogP contribution in [0.4, 0.5) is 10.1 Å². The normalized spacial score (nSPS) is 18.9. The molecule has 0 spiro atoms. The van der Waals surface area contributed by atoms with Crippen LogP contribution in [0.2, 0.25) is 0 Å². The van der Waals surface area contributed by atoms with Crippen molar-refractivity contribution in [3.05, 3.63) is 65.5 Å². The molecule has 1 atom stereocenters. The Hall–Kier alpha value is -2.38. The Kier molecular flexibility index (Phi) is 5.12. The highest BCUT2D eigenvalue weighted by Gasteiger charge is 2.23. The standard InChI is InChI=1S/C20H22FN3/c1-16-10-11-23(20-9-5-8-19(21)18(20)14-22)12-13-24(16)15-17-6-3-2-4-7-17/h2-9,16H,10-13,15H2,1H3. The zero-order chi connectivity index (χ0) is 16.9. The largest absolute Gasteiger partial charge is 0.369 e. The molecule has 3 rings (SSSR count). The molecule has 1 aliphatic rings. The Morgan fingerprint density at radius 2 is 1.88 bits per heavy atom. The Morgan fingerprint density at radius 3 is 2.62 bits per heavy atom. The van der Waals surface area contributed by atoms with Gasteiger partial charge in [-0.15, -0.1) is 0 Å². The minimum atomic E-state index is -0.437. The van der Waals surface area contributed by atoms with Gasteiger partial charge in [0.25, 0.3) is 0 Å². The molecule has 2 aromatic carbocycles. The molecule has 4 heteroatoms. The molecular formula is C20H22FN3. The van der Waals surface area contributed by atoms with Crippen LogP contribution in [0, 0.1) is 17.1 Å².